The van der Waals surface area contributed by atoms with E-state index in [0.29, 0.717) is 0 Å². The minimum absolute atomic E-state index is 0.765. The number of rotatable bonds is 2. The zero-order chi connectivity index (χ0) is 12.0. The van der Waals surface area contributed by atoms with E-state index in [-0.39, 0.29) is 0 Å². The first-order valence-corrected chi connectivity index (χ1v) is 6.17. The Balaban J connectivity index is 0.000000606. The molecule has 16 heavy (non-hydrogen) atoms. The summed E-state index contributed by atoms with van der Waals surface area (Å²) in [5.74, 6) is 0. The summed E-state index contributed by atoms with van der Waals surface area (Å²) < 4.78 is 0. The van der Waals surface area contributed by atoms with Gasteiger partial charge in [-0.05, 0) is 12.1 Å². The summed E-state index contributed by atoms with van der Waals surface area (Å²) in [6.07, 6.45) is 0. The number of aromatic nitrogens is 1. The van der Waals surface area contributed by atoms with Crippen LogP contribution in [0.4, 0.5) is 10.8 Å². The van der Waals surface area contributed by atoms with Crippen LogP contribution in [0.5, 0.6) is 0 Å². The van der Waals surface area contributed by atoms with Gasteiger partial charge < -0.3 is 11.1 Å². The maximum absolute atomic E-state index is 5.70. The van der Waals surface area contributed by atoms with Crippen LogP contribution >= 0.6 is 11.3 Å². The lowest BCUT2D eigenvalue weighted by atomic mass is 10.1. The number of benzene rings is 1. The van der Waals surface area contributed by atoms with Crippen LogP contribution < -0.4 is 11.1 Å². The average Bonchev–Trinajstić information content (AvgIpc) is 2.80. The van der Waals surface area contributed by atoms with E-state index in [1.54, 1.807) is 11.3 Å². The fraction of sp³-hybridized carbons (Fsp3) is 0.250. The third-order valence-electron chi connectivity index (χ3n) is 1.90. The van der Waals surface area contributed by atoms with Gasteiger partial charge >= 0.3 is 0 Å². The molecule has 0 aliphatic rings. The Bertz CT molecular complexity index is 437. The standard InChI is InChI=1S/C10H11N3S.C2H6/c1-12-10-13-9(6-14-10)7-3-2-4-8(11)5-7;1-2/h2-6H,11H2,1H3,(H,12,13);1-2H3. The molecule has 0 radical (unpaired) electrons. The largest absolute Gasteiger partial charge is 0.399 e. The van der Waals surface area contributed by atoms with Crippen LogP contribution in [0.15, 0.2) is 29.6 Å². The Morgan fingerprint density at radius 3 is 2.62 bits per heavy atom. The molecule has 4 heteroatoms. The summed E-state index contributed by atoms with van der Waals surface area (Å²) in [4.78, 5) is 4.39. The van der Waals surface area contributed by atoms with Crippen LogP contribution in [0.1, 0.15) is 13.8 Å². The molecular weight excluding hydrogens is 218 g/mol. The first kappa shape index (κ1) is 12.5. The smallest absolute Gasteiger partial charge is 0.182 e. The summed E-state index contributed by atoms with van der Waals surface area (Å²) in [5, 5.41) is 5.94. The molecule has 0 aliphatic heterocycles. The molecule has 0 aliphatic carbocycles. The fourth-order valence-electron chi connectivity index (χ4n) is 1.22. The lowest BCUT2D eigenvalue weighted by molar-refractivity contribution is 1.36. The molecule has 1 aromatic heterocycles. The van der Waals surface area contributed by atoms with Crippen LogP contribution in [0.2, 0.25) is 0 Å². The molecule has 0 unspecified atom stereocenters. The number of thiazole rings is 1. The molecular formula is C12H17N3S. The van der Waals surface area contributed by atoms with Crippen molar-refractivity contribution in [2.45, 2.75) is 13.8 Å². The quantitative estimate of drug-likeness (QED) is 0.784. The summed E-state index contributed by atoms with van der Waals surface area (Å²) in [6.45, 7) is 4.00. The zero-order valence-corrected chi connectivity index (χ0v) is 10.6. The third-order valence-corrected chi connectivity index (χ3v) is 2.76. The molecule has 0 bridgehead atoms. The Morgan fingerprint density at radius 1 is 1.31 bits per heavy atom. The lowest BCUT2D eigenvalue weighted by Crippen LogP contribution is -1.87. The molecule has 3 nitrogen and oxygen atoms in total. The molecule has 2 rings (SSSR count). The molecule has 1 aromatic carbocycles. The molecule has 0 saturated heterocycles. The van der Waals surface area contributed by atoms with Crippen LogP contribution in [0, 0.1) is 0 Å². The molecule has 0 amide bonds. The Morgan fingerprint density at radius 2 is 2.06 bits per heavy atom. The van der Waals surface area contributed by atoms with E-state index in [2.05, 4.69) is 10.3 Å². The van der Waals surface area contributed by atoms with Crippen molar-refractivity contribution in [3.8, 4) is 11.3 Å². The fourth-order valence-corrected chi connectivity index (χ4v) is 1.90. The van der Waals surface area contributed by atoms with E-state index < -0.39 is 0 Å². The molecule has 2 aromatic rings. The molecule has 3 N–H and O–H groups in total. The topological polar surface area (TPSA) is 50.9 Å². The number of hydrogen-bond donors (Lipinski definition) is 2. The van der Waals surface area contributed by atoms with Gasteiger partial charge in [-0.3, -0.25) is 0 Å². The number of nitrogens with one attached hydrogen (secondary N) is 1. The highest BCUT2D eigenvalue weighted by atomic mass is 32.1. The van der Waals surface area contributed by atoms with Gasteiger partial charge in [-0.15, -0.1) is 11.3 Å². The minimum atomic E-state index is 0.765. The van der Waals surface area contributed by atoms with Gasteiger partial charge in [-0.25, -0.2) is 4.98 Å². The first-order chi connectivity index (χ1) is 7.79. The average molecular weight is 235 g/mol. The Hall–Kier alpha value is -1.55. The number of nitrogen functional groups attached to an aromatic ring is 1. The monoisotopic (exact) mass is 235 g/mol. The van der Waals surface area contributed by atoms with E-state index in [4.69, 9.17) is 5.73 Å². The summed E-state index contributed by atoms with van der Waals surface area (Å²) in [6, 6.07) is 7.73. The van der Waals surface area contributed by atoms with E-state index in [0.717, 1.165) is 22.1 Å². The SMILES string of the molecule is CC.CNc1nc(-c2cccc(N)c2)cs1. The van der Waals surface area contributed by atoms with Crippen molar-refractivity contribution >= 4 is 22.2 Å². The van der Waals surface area contributed by atoms with Gasteiger partial charge in [0.2, 0.25) is 0 Å². The van der Waals surface area contributed by atoms with Crippen molar-refractivity contribution in [3.05, 3.63) is 29.6 Å². The van der Waals surface area contributed by atoms with Crippen LogP contribution in [-0.4, -0.2) is 12.0 Å². The Kier molecular flexibility index (Phi) is 4.79. The second-order valence-corrected chi connectivity index (χ2v) is 3.77. The van der Waals surface area contributed by atoms with Crippen molar-refractivity contribution in [3.63, 3.8) is 0 Å². The van der Waals surface area contributed by atoms with Crippen LogP contribution in [-0.2, 0) is 0 Å². The van der Waals surface area contributed by atoms with E-state index >= 15 is 0 Å². The zero-order valence-electron chi connectivity index (χ0n) is 9.82. The summed E-state index contributed by atoms with van der Waals surface area (Å²) in [5.41, 5.74) is 8.48. The maximum atomic E-state index is 5.70. The van der Waals surface area contributed by atoms with Crippen molar-refractivity contribution in [2.75, 3.05) is 18.1 Å². The Labute approximate surface area is 100 Å². The number of nitrogens with zero attached hydrogens (tertiary/aromatic N) is 1. The number of anilines is 2. The number of nitrogens with two attached hydrogens (primary N) is 1. The van der Waals surface area contributed by atoms with Crippen LogP contribution in [0.3, 0.4) is 0 Å². The predicted molar refractivity (Wildman–Crippen MR) is 72.9 cm³/mol. The highest BCUT2D eigenvalue weighted by Gasteiger charge is 2.02. The molecule has 86 valence electrons. The highest BCUT2D eigenvalue weighted by molar-refractivity contribution is 7.14. The van der Waals surface area contributed by atoms with Crippen molar-refractivity contribution in [2.24, 2.45) is 0 Å². The van der Waals surface area contributed by atoms with Gasteiger partial charge in [0, 0.05) is 23.7 Å². The van der Waals surface area contributed by atoms with Gasteiger partial charge in [-0.2, -0.15) is 0 Å². The molecule has 1 heterocycles. The van der Waals surface area contributed by atoms with Gasteiger partial charge in [0.1, 0.15) is 0 Å². The first-order valence-electron chi connectivity index (χ1n) is 5.29. The minimum Gasteiger partial charge on any atom is -0.399 e. The molecule has 0 atom stereocenters. The van der Waals surface area contributed by atoms with Crippen molar-refractivity contribution in [1.29, 1.82) is 0 Å². The molecule has 0 spiro atoms. The van der Waals surface area contributed by atoms with Crippen molar-refractivity contribution < 1.29 is 0 Å². The second-order valence-electron chi connectivity index (χ2n) is 2.91. The van der Waals surface area contributed by atoms with Gasteiger partial charge in [0.15, 0.2) is 5.13 Å². The lowest BCUT2D eigenvalue weighted by Gasteiger charge is -1.97. The number of hydrogen-bond acceptors (Lipinski definition) is 4. The van der Waals surface area contributed by atoms with E-state index in [1.807, 2.05) is 50.5 Å². The summed E-state index contributed by atoms with van der Waals surface area (Å²) in [7, 11) is 1.86. The third kappa shape index (κ3) is 2.97. The molecule has 0 saturated carbocycles. The highest BCUT2D eigenvalue weighted by Crippen LogP contribution is 2.25. The van der Waals surface area contributed by atoms with Gasteiger partial charge in [-0.1, -0.05) is 26.0 Å². The van der Waals surface area contributed by atoms with E-state index in [9.17, 15) is 0 Å². The maximum Gasteiger partial charge on any atom is 0.182 e. The summed E-state index contributed by atoms with van der Waals surface area (Å²) >= 11 is 1.59. The van der Waals surface area contributed by atoms with Crippen LogP contribution in [0.25, 0.3) is 11.3 Å². The molecule has 0 fully saturated rings. The normalized spacial score (nSPS) is 9.19. The van der Waals surface area contributed by atoms with Gasteiger partial charge in [0.25, 0.3) is 0 Å². The predicted octanol–water partition coefficient (Wildman–Crippen LogP) is 3.46. The van der Waals surface area contributed by atoms with Crippen molar-refractivity contribution in [1.82, 2.24) is 4.98 Å². The second kappa shape index (κ2) is 6.12. The van der Waals surface area contributed by atoms with E-state index in [1.165, 1.54) is 0 Å². The van der Waals surface area contributed by atoms with Gasteiger partial charge in [0.05, 0.1) is 5.69 Å².